The van der Waals surface area contributed by atoms with E-state index in [1.54, 1.807) is 23.1 Å². The lowest BCUT2D eigenvalue weighted by Gasteiger charge is -2.32. The van der Waals surface area contributed by atoms with Crippen LogP contribution in [0.5, 0.6) is 0 Å². The molecular weight excluding hydrogens is 344 g/mol. The molecule has 4 rings (SSSR count). The Morgan fingerprint density at radius 3 is 2.81 bits per heavy atom. The molecule has 2 heterocycles. The quantitative estimate of drug-likeness (QED) is 0.567. The minimum absolute atomic E-state index is 0.00306. The average Bonchev–Trinajstić information content (AvgIpc) is 3.12. The number of aromatic amines is 1. The summed E-state index contributed by atoms with van der Waals surface area (Å²) in [5.74, 6) is 0.977. The van der Waals surface area contributed by atoms with Crippen LogP contribution in [-0.2, 0) is 11.2 Å². The van der Waals surface area contributed by atoms with E-state index in [9.17, 15) is 14.9 Å². The van der Waals surface area contributed by atoms with E-state index in [0.717, 1.165) is 29.7 Å². The number of carbonyl (C=O) groups excluding carboxylic acids is 1. The molecule has 1 aliphatic heterocycles. The van der Waals surface area contributed by atoms with Gasteiger partial charge >= 0.3 is 0 Å². The molecule has 138 valence electrons. The number of fused-ring (bicyclic) bond motifs is 1. The van der Waals surface area contributed by atoms with Crippen LogP contribution in [0.3, 0.4) is 0 Å². The zero-order valence-corrected chi connectivity index (χ0v) is 14.8. The van der Waals surface area contributed by atoms with Gasteiger partial charge in [-0.25, -0.2) is 4.98 Å². The molecule has 1 aromatic heterocycles. The van der Waals surface area contributed by atoms with E-state index in [1.165, 1.54) is 6.07 Å². The minimum atomic E-state index is -0.435. The van der Waals surface area contributed by atoms with Crippen LogP contribution >= 0.6 is 0 Å². The molecule has 1 amide bonds. The number of nitro benzene ring substituents is 1. The second-order valence-electron chi connectivity index (χ2n) is 6.88. The molecule has 0 spiro atoms. The zero-order chi connectivity index (χ0) is 18.8. The van der Waals surface area contributed by atoms with Gasteiger partial charge in [0.15, 0.2) is 0 Å². The lowest BCUT2D eigenvalue weighted by Crippen LogP contribution is -2.40. The summed E-state index contributed by atoms with van der Waals surface area (Å²) in [6, 6.07) is 14.3. The zero-order valence-electron chi connectivity index (χ0n) is 14.8. The summed E-state index contributed by atoms with van der Waals surface area (Å²) >= 11 is 0. The van der Waals surface area contributed by atoms with E-state index in [4.69, 9.17) is 0 Å². The van der Waals surface area contributed by atoms with E-state index in [1.807, 2.05) is 24.3 Å². The average molecular weight is 364 g/mol. The van der Waals surface area contributed by atoms with Gasteiger partial charge in [0, 0.05) is 30.6 Å². The van der Waals surface area contributed by atoms with Crippen LogP contribution in [0.2, 0.25) is 0 Å². The predicted octanol–water partition coefficient (Wildman–Crippen LogP) is 3.42. The Balaban J connectivity index is 1.49. The van der Waals surface area contributed by atoms with Crippen molar-refractivity contribution in [2.24, 2.45) is 0 Å². The van der Waals surface area contributed by atoms with Gasteiger partial charge in [-0.05, 0) is 25.0 Å². The lowest BCUT2D eigenvalue weighted by molar-refractivity contribution is -0.385. The van der Waals surface area contributed by atoms with Crippen molar-refractivity contribution in [1.82, 2.24) is 14.9 Å². The fraction of sp³-hybridized carbons (Fsp3) is 0.300. The first kappa shape index (κ1) is 17.2. The number of imidazole rings is 1. The van der Waals surface area contributed by atoms with Crippen molar-refractivity contribution in [2.45, 2.75) is 25.2 Å². The monoisotopic (exact) mass is 364 g/mol. The van der Waals surface area contributed by atoms with Crippen molar-refractivity contribution < 1.29 is 9.72 Å². The minimum Gasteiger partial charge on any atom is -0.342 e. The molecule has 7 heteroatoms. The number of hydrogen-bond donors (Lipinski definition) is 1. The topological polar surface area (TPSA) is 92.1 Å². The van der Waals surface area contributed by atoms with E-state index in [-0.39, 0.29) is 23.9 Å². The Bertz CT molecular complexity index is 965. The van der Waals surface area contributed by atoms with Crippen molar-refractivity contribution in [3.8, 4) is 0 Å². The van der Waals surface area contributed by atoms with Gasteiger partial charge < -0.3 is 9.88 Å². The second-order valence-corrected chi connectivity index (χ2v) is 6.88. The highest BCUT2D eigenvalue weighted by Crippen LogP contribution is 2.27. The molecule has 7 nitrogen and oxygen atoms in total. The SMILES string of the molecule is O=C(Cc1ccccc1[N+](=O)[O-])N1CCCC(c2nc3ccccc3[nH]2)C1. The first-order valence-electron chi connectivity index (χ1n) is 9.06. The van der Waals surface area contributed by atoms with Crippen LogP contribution in [0.15, 0.2) is 48.5 Å². The van der Waals surface area contributed by atoms with Gasteiger partial charge in [0.25, 0.3) is 5.69 Å². The van der Waals surface area contributed by atoms with Gasteiger partial charge in [0.2, 0.25) is 5.91 Å². The maximum atomic E-state index is 12.8. The molecule has 0 aliphatic carbocycles. The fourth-order valence-corrected chi connectivity index (χ4v) is 3.71. The molecule has 3 aromatic rings. The number of carbonyl (C=O) groups is 1. The first-order valence-corrected chi connectivity index (χ1v) is 9.06. The number of piperidine rings is 1. The van der Waals surface area contributed by atoms with Crippen molar-refractivity contribution in [2.75, 3.05) is 13.1 Å². The Morgan fingerprint density at radius 2 is 2.00 bits per heavy atom. The van der Waals surface area contributed by atoms with Gasteiger partial charge in [-0.2, -0.15) is 0 Å². The number of nitrogens with zero attached hydrogens (tertiary/aromatic N) is 3. The first-order chi connectivity index (χ1) is 13.1. The highest BCUT2D eigenvalue weighted by Gasteiger charge is 2.28. The van der Waals surface area contributed by atoms with Crippen molar-refractivity contribution in [3.05, 3.63) is 70.0 Å². The summed E-state index contributed by atoms with van der Waals surface area (Å²) in [6.07, 6.45) is 1.91. The van der Waals surface area contributed by atoms with Gasteiger partial charge in [0.05, 0.1) is 22.4 Å². The molecule has 0 bridgehead atoms. The van der Waals surface area contributed by atoms with Gasteiger partial charge in [-0.3, -0.25) is 14.9 Å². The van der Waals surface area contributed by atoms with Crippen LogP contribution in [0.25, 0.3) is 11.0 Å². The number of para-hydroxylation sites is 3. The highest BCUT2D eigenvalue weighted by molar-refractivity contribution is 5.80. The number of benzene rings is 2. The third-order valence-electron chi connectivity index (χ3n) is 5.10. The van der Waals surface area contributed by atoms with E-state index >= 15 is 0 Å². The molecule has 1 aliphatic rings. The summed E-state index contributed by atoms with van der Waals surface area (Å²) in [4.78, 5) is 33.3. The molecule has 0 saturated carbocycles. The second kappa shape index (κ2) is 7.19. The number of amides is 1. The molecule has 27 heavy (non-hydrogen) atoms. The van der Waals surface area contributed by atoms with E-state index in [0.29, 0.717) is 18.7 Å². The summed E-state index contributed by atoms with van der Waals surface area (Å²) in [5.41, 5.74) is 2.38. The van der Waals surface area contributed by atoms with E-state index in [2.05, 4.69) is 9.97 Å². The maximum Gasteiger partial charge on any atom is 0.273 e. The number of aromatic nitrogens is 2. The molecule has 0 radical (unpaired) electrons. The van der Waals surface area contributed by atoms with Crippen LogP contribution in [0.1, 0.15) is 30.1 Å². The Hall–Kier alpha value is -3.22. The number of rotatable bonds is 4. The van der Waals surface area contributed by atoms with Gasteiger partial charge in [-0.15, -0.1) is 0 Å². The Morgan fingerprint density at radius 1 is 1.22 bits per heavy atom. The Kier molecular flexibility index (Phi) is 4.58. The summed E-state index contributed by atoms with van der Waals surface area (Å²) < 4.78 is 0. The third-order valence-corrected chi connectivity index (χ3v) is 5.10. The Labute approximate surface area is 156 Å². The predicted molar refractivity (Wildman–Crippen MR) is 101 cm³/mol. The number of nitrogens with one attached hydrogen (secondary N) is 1. The van der Waals surface area contributed by atoms with E-state index < -0.39 is 4.92 Å². The largest absolute Gasteiger partial charge is 0.342 e. The van der Waals surface area contributed by atoms with Crippen molar-refractivity contribution >= 4 is 22.6 Å². The fourth-order valence-electron chi connectivity index (χ4n) is 3.71. The standard InChI is InChI=1S/C20H20N4O3/c25-19(12-14-6-1-4-10-18(14)24(26)27)23-11-5-7-15(13-23)20-21-16-8-2-3-9-17(16)22-20/h1-4,6,8-10,15H,5,7,11-13H2,(H,21,22). The smallest absolute Gasteiger partial charge is 0.273 e. The van der Waals surface area contributed by atoms with Crippen molar-refractivity contribution in [1.29, 1.82) is 0 Å². The summed E-state index contributed by atoms with van der Waals surface area (Å²) in [5, 5.41) is 11.2. The normalized spacial score (nSPS) is 17.2. The highest BCUT2D eigenvalue weighted by atomic mass is 16.6. The van der Waals surface area contributed by atoms with Crippen LogP contribution in [0, 0.1) is 10.1 Å². The molecule has 1 fully saturated rings. The molecule has 2 aromatic carbocycles. The molecule has 1 N–H and O–H groups in total. The maximum absolute atomic E-state index is 12.8. The van der Waals surface area contributed by atoms with Crippen LogP contribution < -0.4 is 0 Å². The molecule has 1 unspecified atom stereocenters. The molecule has 1 saturated heterocycles. The molecule has 1 atom stereocenters. The summed E-state index contributed by atoms with van der Waals surface area (Å²) in [7, 11) is 0. The number of nitro groups is 1. The van der Waals surface area contributed by atoms with Gasteiger partial charge in [-0.1, -0.05) is 30.3 Å². The van der Waals surface area contributed by atoms with Gasteiger partial charge in [0.1, 0.15) is 5.82 Å². The number of H-pyrrole nitrogens is 1. The number of likely N-dealkylation sites (tertiary alicyclic amines) is 1. The number of hydrogen-bond acceptors (Lipinski definition) is 4. The van der Waals surface area contributed by atoms with Crippen LogP contribution in [0.4, 0.5) is 5.69 Å². The lowest BCUT2D eigenvalue weighted by atomic mass is 9.96. The third kappa shape index (κ3) is 3.53. The molecular formula is C20H20N4O3. The van der Waals surface area contributed by atoms with Crippen molar-refractivity contribution in [3.63, 3.8) is 0 Å². The summed E-state index contributed by atoms with van der Waals surface area (Å²) in [6.45, 7) is 1.26. The van der Waals surface area contributed by atoms with Crippen LogP contribution in [-0.4, -0.2) is 38.8 Å².